The minimum absolute atomic E-state index is 0.0443. The van der Waals surface area contributed by atoms with E-state index in [1.165, 1.54) is 37.6 Å². The predicted octanol–water partition coefficient (Wildman–Crippen LogP) is 3.97. The average Bonchev–Trinajstić information content (AvgIpc) is 2.84. The molecule has 3 rings (SSSR count). The molecule has 1 unspecified atom stereocenters. The lowest BCUT2D eigenvalue weighted by molar-refractivity contribution is -0.118. The molecule has 1 N–H and O–H groups in total. The zero-order valence-corrected chi connectivity index (χ0v) is 21.5. The molecule has 0 aromatic heterocycles. The molecule has 1 amide bonds. The Morgan fingerprint density at radius 2 is 1.78 bits per heavy atom. The Morgan fingerprint density at radius 3 is 2.39 bits per heavy atom. The van der Waals surface area contributed by atoms with E-state index in [2.05, 4.69) is 5.32 Å². The van der Waals surface area contributed by atoms with E-state index in [-0.39, 0.29) is 48.8 Å². The summed E-state index contributed by atoms with van der Waals surface area (Å²) in [6, 6.07) is 8.67. The largest absolute Gasteiger partial charge is 0.493 e. The van der Waals surface area contributed by atoms with Gasteiger partial charge in [0, 0.05) is 25.5 Å². The lowest BCUT2D eigenvalue weighted by Gasteiger charge is -2.31. The number of methoxy groups -OCH3 is 2. The first-order valence-corrected chi connectivity index (χ1v) is 12.9. The van der Waals surface area contributed by atoms with E-state index in [1.807, 2.05) is 6.92 Å². The SMILES string of the molecule is COC1=CCC(S(=O)(=O)N(CCNC(C)=O)c2ccc(C)cc2Cc2c(F)cccc2F)C=C1OC. The minimum atomic E-state index is -4.06. The highest BCUT2D eigenvalue weighted by molar-refractivity contribution is 7.93. The van der Waals surface area contributed by atoms with Crippen LogP contribution < -0.4 is 9.62 Å². The highest BCUT2D eigenvalue weighted by Crippen LogP contribution is 2.32. The quantitative estimate of drug-likeness (QED) is 0.513. The number of aryl methyl sites for hydroxylation is 1. The molecule has 0 aliphatic heterocycles. The van der Waals surface area contributed by atoms with Gasteiger partial charge in [-0.3, -0.25) is 9.10 Å². The number of halogens is 2. The Morgan fingerprint density at radius 1 is 1.11 bits per heavy atom. The molecule has 0 heterocycles. The van der Waals surface area contributed by atoms with E-state index in [9.17, 15) is 22.0 Å². The van der Waals surface area contributed by atoms with Gasteiger partial charge in [-0.05, 0) is 49.3 Å². The number of sulfonamides is 1. The van der Waals surface area contributed by atoms with Gasteiger partial charge in [0.1, 0.15) is 16.9 Å². The summed E-state index contributed by atoms with van der Waals surface area (Å²) < 4.78 is 68.6. The number of carbonyl (C=O) groups excluding carboxylic acids is 1. The van der Waals surface area contributed by atoms with Gasteiger partial charge in [-0.15, -0.1) is 0 Å². The molecule has 2 aromatic rings. The molecule has 1 aliphatic carbocycles. The van der Waals surface area contributed by atoms with Crippen LogP contribution in [-0.2, 0) is 30.7 Å². The number of nitrogens with zero attached hydrogens (tertiary/aromatic N) is 1. The highest BCUT2D eigenvalue weighted by Gasteiger charge is 2.34. The van der Waals surface area contributed by atoms with Crippen molar-refractivity contribution in [1.82, 2.24) is 5.32 Å². The van der Waals surface area contributed by atoms with Crippen LogP contribution >= 0.6 is 0 Å². The molecule has 0 radical (unpaired) electrons. The van der Waals surface area contributed by atoms with Crippen molar-refractivity contribution in [2.24, 2.45) is 0 Å². The first kappa shape index (κ1) is 27.2. The van der Waals surface area contributed by atoms with Crippen LogP contribution in [0, 0.1) is 18.6 Å². The predicted molar refractivity (Wildman–Crippen MR) is 134 cm³/mol. The van der Waals surface area contributed by atoms with E-state index in [0.29, 0.717) is 11.3 Å². The van der Waals surface area contributed by atoms with Crippen LogP contribution in [0.4, 0.5) is 14.5 Å². The molecule has 36 heavy (non-hydrogen) atoms. The van der Waals surface area contributed by atoms with Gasteiger partial charge >= 0.3 is 0 Å². The fourth-order valence-electron chi connectivity index (χ4n) is 4.08. The molecular formula is C26H30F2N2O5S. The van der Waals surface area contributed by atoms with Gasteiger partial charge in [0.2, 0.25) is 15.9 Å². The van der Waals surface area contributed by atoms with Gasteiger partial charge in [-0.25, -0.2) is 17.2 Å². The van der Waals surface area contributed by atoms with Crippen LogP contribution in [0.15, 0.2) is 60.1 Å². The van der Waals surface area contributed by atoms with Crippen molar-refractivity contribution in [3.63, 3.8) is 0 Å². The average molecular weight is 521 g/mol. The maximum Gasteiger partial charge on any atom is 0.242 e. The van der Waals surface area contributed by atoms with Crippen LogP contribution in [0.2, 0.25) is 0 Å². The molecule has 7 nitrogen and oxygen atoms in total. The van der Waals surface area contributed by atoms with E-state index in [1.54, 1.807) is 24.3 Å². The maximum absolute atomic E-state index is 14.5. The summed E-state index contributed by atoms with van der Waals surface area (Å²) in [5.74, 6) is -1.02. The van der Waals surface area contributed by atoms with Crippen LogP contribution in [0.1, 0.15) is 30.0 Å². The standard InChI is InChI=1S/C26H30F2N2O5S/c1-17-8-10-24(19(14-17)15-21-22(27)6-5-7-23(21)28)30(13-12-29-18(2)31)36(32,33)20-9-11-25(34-3)26(16-20)35-4/h5-8,10-11,14,16,20H,9,12-13,15H2,1-4H3,(H,29,31). The molecule has 0 saturated carbocycles. The maximum atomic E-state index is 14.5. The first-order chi connectivity index (χ1) is 17.1. The number of benzene rings is 2. The summed E-state index contributed by atoms with van der Waals surface area (Å²) in [5.41, 5.74) is 1.36. The van der Waals surface area contributed by atoms with Crippen molar-refractivity contribution in [2.75, 3.05) is 31.6 Å². The highest BCUT2D eigenvalue weighted by atomic mass is 32.2. The zero-order chi connectivity index (χ0) is 26.5. The third-order valence-corrected chi connectivity index (χ3v) is 7.95. The third kappa shape index (κ3) is 6.04. The normalized spacial score (nSPS) is 15.6. The van der Waals surface area contributed by atoms with Gasteiger partial charge in [0.05, 0.1) is 26.5 Å². The Labute approximate surface area is 210 Å². The molecule has 0 spiro atoms. The van der Waals surface area contributed by atoms with Crippen LogP contribution in [0.3, 0.4) is 0 Å². The fraction of sp³-hybridized carbons (Fsp3) is 0.346. The van der Waals surface area contributed by atoms with E-state index < -0.39 is 26.9 Å². The molecule has 0 fully saturated rings. The first-order valence-electron chi connectivity index (χ1n) is 11.4. The number of anilines is 1. The topological polar surface area (TPSA) is 84.9 Å². The summed E-state index contributed by atoms with van der Waals surface area (Å²) in [4.78, 5) is 11.5. The van der Waals surface area contributed by atoms with Gasteiger partial charge in [0.25, 0.3) is 0 Å². The number of rotatable bonds is 10. The second kappa shape index (κ2) is 11.6. The second-order valence-electron chi connectivity index (χ2n) is 8.39. The Kier molecular flexibility index (Phi) is 8.73. The van der Waals surface area contributed by atoms with E-state index >= 15 is 0 Å². The van der Waals surface area contributed by atoms with Crippen molar-refractivity contribution >= 4 is 21.6 Å². The molecule has 10 heteroatoms. The van der Waals surface area contributed by atoms with E-state index in [4.69, 9.17) is 9.47 Å². The van der Waals surface area contributed by atoms with Crippen LogP contribution in [-0.4, -0.2) is 46.9 Å². The number of carbonyl (C=O) groups is 1. The Hall–Kier alpha value is -3.40. The van der Waals surface area contributed by atoms with Crippen LogP contribution in [0.5, 0.6) is 0 Å². The van der Waals surface area contributed by atoms with Crippen molar-refractivity contribution in [2.45, 2.75) is 31.9 Å². The summed E-state index contributed by atoms with van der Waals surface area (Å²) in [6.07, 6.45) is 3.10. The Bertz CT molecular complexity index is 1270. The molecule has 0 saturated heterocycles. The lowest BCUT2D eigenvalue weighted by atomic mass is 10.00. The Balaban J connectivity index is 2.09. The zero-order valence-electron chi connectivity index (χ0n) is 20.7. The summed E-state index contributed by atoms with van der Waals surface area (Å²) in [6.45, 7) is 3.11. The number of amides is 1. The number of hydrogen-bond donors (Lipinski definition) is 1. The number of ether oxygens (including phenoxy) is 2. The third-order valence-electron chi connectivity index (χ3n) is 5.87. The monoisotopic (exact) mass is 520 g/mol. The lowest BCUT2D eigenvalue weighted by Crippen LogP contribution is -2.43. The van der Waals surface area contributed by atoms with Crippen molar-refractivity contribution in [3.8, 4) is 0 Å². The van der Waals surface area contributed by atoms with Gasteiger partial charge < -0.3 is 14.8 Å². The number of allylic oxidation sites excluding steroid dienone is 1. The van der Waals surface area contributed by atoms with Gasteiger partial charge in [-0.1, -0.05) is 23.8 Å². The molecule has 0 bridgehead atoms. The summed E-state index contributed by atoms with van der Waals surface area (Å²) in [5, 5.41) is 1.64. The van der Waals surface area contributed by atoms with Crippen LogP contribution in [0.25, 0.3) is 0 Å². The van der Waals surface area contributed by atoms with Crippen molar-refractivity contribution < 1.29 is 31.5 Å². The molecular weight excluding hydrogens is 490 g/mol. The summed E-state index contributed by atoms with van der Waals surface area (Å²) >= 11 is 0. The summed E-state index contributed by atoms with van der Waals surface area (Å²) in [7, 11) is -1.17. The van der Waals surface area contributed by atoms with Gasteiger partial charge in [0.15, 0.2) is 11.5 Å². The number of nitrogens with one attached hydrogen (secondary N) is 1. The van der Waals surface area contributed by atoms with E-state index in [0.717, 1.165) is 17.7 Å². The second-order valence-corrected chi connectivity index (χ2v) is 10.5. The number of hydrogen-bond acceptors (Lipinski definition) is 5. The van der Waals surface area contributed by atoms with Crippen molar-refractivity contribution in [1.29, 1.82) is 0 Å². The smallest absolute Gasteiger partial charge is 0.242 e. The molecule has 1 aliphatic rings. The van der Waals surface area contributed by atoms with Gasteiger partial charge in [-0.2, -0.15) is 0 Å². The molecule has 2 aromatic carbocycles. The molecule has 194 valence electrons. The van der Waals surface area contributed by atoms with Crippen molar-refractivity contribution in [3.05, 3.63) is 88.4 Å². The molecule has 1 atom stereocenters. The minimum Gasteiger partial charge on any atom is -0.493 e. The fourth-order valence-corrected chi connectivity index (χ4v) is 5.84.